The number of hydrogen-bond donors (Lipinski definition) is 12. The van der Waals surface area contributed by atoms with Gasteiger partial charge in [-0.2, -0.15) is 0 Å². The number of phenolic OH excluding ortho intramolecular Hbond substituents is 2. The monoisotopic (exact) mass is 943 g/mol. The van der Waals surface area contributed by atoms with Gasteiger partial charge in [0.2, 0.25) is 29.5 Å². The van der Waals surface area contributed by atoms with Crippen LogP contribution >= 0.6 is 0 Å². The normalized spacial score (nSPS) is 13.2. The summed E-state index contributed by atoms with van der Waals surface area (Å²) in [5, 5.41) is 39.3. The van der Waals surface area contributed by atoms with Gasteiger partial charge >= 0.3 is 12.2 Å². The van der Waals surface area contributed by atoms with Crippen molar-refractivity contribution in [1.29, 1.82) is 0 Å². The van der Waals surface area contributed by atoms with Crippen molar-refractivity contribution in [3.8, 4) is 22.6 Å². The zero-order valence-electron chi connectivity index (χ0n) is 40.0. The van der Waals surface area contributed by atoms with Gasteiger partial charge in [0.15, 0.2) is 0 Å². The van der Waals surface area contributed by atoms with Gasteiger partial charge in [-0.1, -0.05) is 12.1 Å². The number of benzene rings is 2. The third kappa shape index (κ3) is 23.2. The van der Waals surface area contributed by atoms with Crippen LogP contribution in [0.2, 0.25) is 0 Å². The van der Waals surface area contributed by atoms with Gasteiger partial charge in [-0.3, -0.25) is 24.0 Å². The molecule has 0 spiro atoms. The molecule has 21 heteroatoms. The smallest absolute Gasteiger partial charge is 0.408 e. The SMILES string of the molecule is Cc1cc(-c2ccc(O)c(C[C@H](NC(=O)OC(C)(C)C)C(=O)N[C@@H](CCCNC(=O)OC(C)(C)C)C(=O)NCC(=O)N[C@@H](CCCN)C(=O)NCCC[C@H](N)CC(=O)NCCN)c2)ccc1O. The lowest BCUT2D eigenvalue weighted by Gasteiger charge is -2.26. The molecule has 67 heavy (non-hydrogen) atoms. The number of alkyl carbamates (subject to hydrolysis) is 2. The number of nitrogens with one attached hydrogen (secondary N) is 7. The Kier molecular flexibility index (Phi) is 23.9. The van der Waals surface area contributed by atoms with Crippen LogP contribution in [0.4, 0.5) is 9.59 Å². The number of phenols is 2. The number of carbonyl (C=O) groups excluding carboxylic acids is 7. The van der Waals surface area contributed by atoms with Crippen LogP contribution in [-0.2, 0) is 39.9 Å². The highest BCUT2D eigenvalue weighted by Gasteiger charge is 2.30. The summed E-state index contributed by atoms with van der Waals surface area (Å²) in [6.07, 6.45) is -0.192. The van der Waals surface area contributed by atoms with Gasteiger partial charge in [-0.15, -0.1) is 0 Å². The van der Waals surface area contributed by atoms with E-state index in [9.17, 15) is 43.8 Å². The molecule has 0 aliphatic rings. The van der Waals surface area contributed by atoms with E-state index in [1.54, 1.807) is 72.7 Å². The summed E-state index contributed by atoms with van der Waals surface area (Å²) in [6, 6.07) is 5.54. The van der Waals surface area contributed by atoms with Gasteiger partial charge < -0.3 is 74.1 Å². The largest absolute Gasteiger partial charge is 0.508 e. The predicted molar refractivity (Wildman–Crippen MR) is 252 cm³/mol. The number of aryl methyl sites for hydroxylation is 1. The van der Waals surface area contributed by atoms with Crippen molar-refractivity contribution in [2.24, 2.45) is 17.2 Å². The molecule has 0 saturated carbocycles. The van der Waals surface area contributed by atoms with E-state index in [0.29, 0.717) is 49.0 Å². The molecule has 2 rings (SSSR count). The first-order valence-corrected chi connectivity index (χ1v) is 22.6. The summed E-state index contributed by atoms with van der Waals surface area (Å²) in [6.45, 7) is 12.3. The van der Waals surface area contributed by atoms with Gasteiger partial charge in [0.05, 0.1) is 6.54 Å². The Morgan fingerprint density at radius 2 is 1.16 bits per heavy atom. The second-order valence-electron chi connectivity index (χ2n) is 18.2. The number of aromatic hydroxyl groups is 2. The number of rotatable bonds is 26. The second-order valence-corrected chi connectivity index (χ2v) is 18.2. The van der Waals surface area contributed by atoms with E-state index in [1.807, 2.05) is 0 Å². The standard InChI is InChI=1S/C46H74N10O11/c1-28-23-29(14-16-36(28)57)30-15-17-37(58)31(24-30)25-35(56-44(65)67-46(5,6)7)42(63)55-34(13-10-21-52-43(64)66-45(2,3)4)41(62)53-27-39(60)54-33(12-8-18-47)40(61)51-20-9-11-32(49)26-38(59)50-22-19-48/h14-17,23-24,32-35,57-58H,8-13,18-22,25-27,47-49H2,1-7H3,(H,50,59)(H,51,61)(H,52,64)(H,53,62)(H,54,60)(H,55,63)(H,56,65)/t32-,33-,34-,35-/m0/s1. The van der Waals surface area contributed by atoms with E-state index in [4.69, 9.17) is 26.7 Å². The Morgan fingerprint density at radius 3 is 1.79 bits per heavy atom. The average molecular weight is 943 g/mol. The average Bonchev–Trinajstić information content (AvgIpc) is 3.23. The molecular weight excluding hydrogens is 869 g/mol. The van der Waals surface area contributed by atoms with E-state index in [0.717, 1.165) is 0 Å². The molecule has 7 amide bonds. The van der Waals surface area contributed by atoms with Crippen molar-refractivity contribution < 1.29 is 53.2 Å². The van der Waals surface area contributed by atoms with Gasteiger partial charge in [0.1, 0.15) is 40.8 Å². The van der Waals surface area contributed by atoms with Gasteiger partial charge in [0.25, 0.3) is 0 Å². The number of nitrogens with two attached hydrogens (primary N) is 3. The Balaban J connectivity index is 2.27. The highest BCUT2D eigenvalue weighted by molar-refractivity contribution is 5.94. The minimum atomic E-state index is -1.41. The molecule has 0 saturated heterocycles. The second kappa shape index (κ2) is 28.1. The predicted octanol–water partition coefficient (Wildman–Crippen LogP) is 1.33. The molecule has 374 valence electrons. The first kappa shape index (κ1) is 56.9. The molecule has 0 radical (unpaired) electrons. The van der Waals surface area contributed by atoms with Crippen LogP contribution in [0.5, 0.6) is 11.5 Å². The van der Waals surface area contributed by atoms with Gasteiger partial charge in [0, 0.05) is 45.1 Å². The van der Waals surface area contributed by atoms with E-state index in [-0.39, 0.29) is 74.7 Å². The maximum atomic E-state index is 14.2. The first-order valence-electron chi connectivity index (χ1n) is 22.6. The quantitative estimate of drug-likeness (QED) is 0.0593. The molecule has 0 aromatic heterocycles. The third-order valence-electron chi connectivity index (χ3n) is 9.75. The van der Waals surface area contributed by atoms with Crippen LogP contribution in [0, 0.1) is 6.92 Å². The first-order chi connectivity index (χ1) is 31.4. The van der Waals surface area contributed by atoms with Crippen molar-refractivity contribution in [1.82, 2.24) is 37.2 Å². The zero-order valence-corrected chi connectivity index (χ0v) is 40.0. The van der Waals surface area contributed by atoms with Crippen molar-refractivity contribution in [2.45, 2.75) is 135 Å². The Labute approximate surface area is 393 Å². The number of carbonyl (C=O) groups is 7. The lowest BCUT2D eigenvalue weighted by atomic mass is 9.97. The summed E-state index contributed by atoms with van der Waals surface area (Å²) in [7, 11) is 0. The molecule has 2 aromatic rings. The molecule has 15 N–H and O–H groups in total. The van der Waals surface area contributed by atoms with Gasteiger partial charge in [-0.05, 0) is 140 Å². The summed E-state index contributed by atoms with van der Waals surface area (Å²) in [4.78, 5) is 91.7. The number of amides is 7. The molecule has 2 aromatic carbocycles. The third-order valence-corrected chi connectivity index (χ3v) is 9.75. The summed E-state index contributed by atoms with van der Waals surface area (Å²) >= 11 is 0. The van der Waals surface area contributed by atoms with Crippen LogP contribution in [0.3, 0.4) is 0 Å². The van der Waals surface area contributed by atoms with Crippen LogP contribution in [0.15, 0.2) is 36.4 Å². The van der Waals surface area contributed by atoms with E-state index >= 15 is 0 Å². The molecule has 0 aliphatic carbocycles. The van der Waals surface area contributed by atoms with E-state index in [1.165, 1.54) is 12.1 Å². The molecule has 4 atom stereocenters. The van der Waals surface area contributed by atoms with E-state index < -0.39 is 77.7 Å². The summed E-state index contributed by atoms with van der Waals surface area (Å²) < 4.78 is 10.7. The molecule has 0 aliphatic heterocycles. The molecule has 0 heterocycles. The highest BCUT2D eigenvalue weighted by atomic mass is 16.6. The fourth-order valence-corrected chi connectivity index (χ4v) is 6.44. The molecule has 0 bridgehead atoms. The lowest BCUT2D eigenvalue weighted by Crippen LogP contribution is -2.56. The highest BCUT2D eigenvalue weighted by Crippen LogP contribution is 2.30. The Bertz CT molecular complexity index is 1970. The van der Waals surface area contributed by atoms with Crippen molar-refractivity contribution >= 4 is 41.7 Å². The van der Waals surface area contributed by atoms with Crippen LogP contribution in [0.25, 0.3) is 11.1 Å². The molecule has 21 nitrogen and oxygen atoms in total. The minimum Gasteiger partial charge on any atom is -0.508 e. The van der Waals surface area contributed by atoms with Crippen molar-refractivity contribution in [3.63, 3.8) is 0 Å². The Morgan fingerprint density at radius 1 is 0.597 bits per heavy atom. The van der Waals surface area contributed by atoms with E-state index in [2.05, 4.69) is 37.2 Å². The summed E-state index contributed by atoms with van der Waals surface area (Å²) in [5.41, 5.74) is 17.7. The molecule has 0 unspecified atom stereocenters. The molecule has 0 fully saturated rings. The Hall–Kier alpha value is -6.19. The molecular formula is C46H74N10O11. The minimum absolute atomic E-state index is 0.0417. The lowest BCUT2D eigenvalue weighted by molar-refractivity contribution is -0.132. The zero-order chi connectivity index (χ0) is 50.3. The van der Waals surface area contributed by atoms with Crippen LogP contribution in [-0.4, -0.2) is 127 Å². The number of hydrogen-bond acceptors (Lipinski definition) is 14. The fourth-order valence-electron chi connectivity index (χ4n) is 6.44. The topological polar surface area (TPSA) is 341 Å². The maximum Gasteiger partial charge on any atom is 0.408 e. The van der Waals surface area contributed by atoms with Crippen molar-refractivity contribution in [2.75, 3.05) is 39.3 Å². The van der Waals surface area contributed by atoms with Crippen molar-refractivity contribution in [3.05, 3.63) is 47.5 Å². The van der Waals surface area contributed by atoms with Gasteiger partial charge in [-0.25, -0.2) is 9.59 Å². The maximum absolute atomic E-state index is 14.2. The van der Waals surface area contributed by atoms with Crippen LogP contribution in [0.1, 0.15) is 97.6 Å². The van der Waals surface area contributed by atoms with Crippen LogP contribution < -0.4 is 54.4 Å². The summed E-state index contributed by atoms with van der Waals surface area (Å²) in [5.74, 6) is -3.12. The number of ether oxygens (including phenoxy) is 2. The fraction of sp³-hybridized carbons (Fsp3) is 0.587.